The molecule has 4 aliphatic rings. The Morgan fingerprint density at radius 1 is 1.05 bits per heavy atom. The quantitative estimate of drug-likeness (QED) is 0.290. The van der Waals surface area contributed by atoms with Gasteiger partial charge in [-0.15, -0.1) is 0 Å². The van der Waals surface area contributed by atoms with Crippen LogP contribution in [-0.2, 0) is 14.3 Å². The monoisotopic (exact) mass is 602 g/mol. The summed E-state index contributed by atoms with van der Waals surface area (Å²) in [6.45, 7) is 1.09. The van der Waals surface area contributed by atoms with Gasteiger partial charge in [0.15, 0.2) is 0 Å². The summed E-state index contributed by atoms with van der Waals surface area (Å²) >= 11 is 3.65. The molecule has 8 heteroatoms. The molecule has 3 saturated heterocycles. The van der Waals surface area contributed by atoms with Crippen molar-refractivity contribution in [2.75, 3.05) is 32.3 Å². The number of amides is 1. The van der Waals surface area contributed by atoms with Crippen LogP contribution in [0.5, 0.6) is 11.5 Å². The molecule has 4 aliphatic heterocycles. The third kappa shape index (κ3) is 3.51. The van der Waals surface area contributed by atoms with Crippen molar-refractivity contribution in [2.45, 2.75) is 36.9 Å². The molecule has 4 heterocycles. The maximum atomic E-state index is 14.1. The Labute approximate surface area is 242 Å². The van der Waals surface area contributed by atoms with Crippen molar-refractivity contribution in [3.8, 4) is 11.5 Å². The number of fused-ring (bicyclic) bond motifs is 5. The van der Waals surface area contributed by atoms with E-state index in [0.29, 0.717) is 0 Å². The van der Waals surface area contributed by atoms with Crippen LogP contribution in [0.25, 0.3) is 0 Å². The highest BCUT2D eigenvalue weighted by Crippen LogP contribution is 2.65. The molecule has 0 bridgehead atoms. The molecule has 3 fully saturated rings. The predicted molar refractivity (Wildman–Crippen MR) is 153 cm³/mol. The molecule has 0 aromatic heterocycles. The van der Waals surface area contributed by atoms with Crippen molar-refractivity contribution < 1.29 is 23.8 Å². The Hall–Kier alpha value is -3.36. The van der Waals surface area contributed by atoms with E-state index in [4.69, 9.17) is 14.2 Å². The second-order valence-corrected chi connectivity index (χ2v) is 12.1. The number of ether oxygens (including phenoxy) is 3. The van der Waals surface area contributed by atoms with Crippen LogP contribution in [0.15, 0.2) is 77.3 Å². The minimum absolute atomic E-state index is 0.0363. The van der Waals surface area contributed by atoms with Gasteiger partial charge in [0.1, 0.15) is 23.5 Å². The molecule has 40 heavy (non-hydrogen) atoms. The van der Waals surface area contributed by atoms with E-state index in [9.17, 15) is 9.59 Å². The Bertz CT molecular complexity index is 1460. The summed E-state index contributed by atoms with van der Waals surface area (Å²) in [6, 6.07) is 23.2. The van der Waals surface area contributed by atoms with E-state index >= 15 is 0 Å². The summed E-state index contributed by atoms with van der Waals surface area (Å²) in [5, 5.41) is 0. The highest BCUT2D eigenvalue weighted by Gasteiger charge is 2.73. The number of β-lactam (4-membered cyclic amide) rings is 1. The molecule has 0 aliphatic carbocycles. The molecule has 0 saturated carbocycles. The normalized spacial score (nSPS) is 30.5. The van der Waals surface area contributed by atoms with Gasteiger partial charge in [-0.05, 0) is 67.4 Å². The first-order valence-corrected chi connectivity index (χ1v) is 14.6. The molecule has 206 valence electrons. The van der Waals surface area contributed by atoms with Crippen LogP contribution < -0.4 is 14.4 Å². The molecular formula is C32H31BrN2O5. The van der Waals surface area contributed by atoms with Gasteiger partial charge in [0.25, 0.3) is 0 Å². The topological polar surface area (TPSA) is 68.3 Å². The van der Waals surface area contributed by atoms with Crippen LogP contribution in [0.4, 0.5) is 5.69 Å². The van der Waals surface area contributed by atoms with E-state index in [-0.39, 0.29) is 48.4 Å². The van der Waals surface area contributed by atoms with Crippen LogP contribution in [0.1, 0.15) is 35.9 Å². The van der Waals surface area contributed by atoms with Gasteiger partial charge < -0.3 is 19.1 Å². The smallest absolute Gasteiger partial charge is 0.317 e. The average Bonchev–Trinajstić information content (AvgIpc) is 3.56. The van der Waals surface area contributed by atoms with Crippen molar-refractivity contribution in [3.05, 3.63) is 88.4 Å². The first kappa shape index (κ1) is 25.6. The van der Waals surface area contributed by atoms with Crippen molar-refractivity contribution in [1.82, 2.24) is 4.90 Å². The Balaban J connectivity index is 1.42. The molecule has 1 unspecified atom stereocenters. The minimum Gasteiger partial charge on any atom is -0.497 e. The number of esters is 1. The van der Waals surface area contributed by atoms with Gasteiger partial charge >= 0.3 is 5.97 Å². The van der Waals surface area contributed by atoms with E-state index in [2.05, 4.69) is 26.9 Å². The van der Waals surface area contributed by atoms with Crippen LogP contribution in [0.3, 0.4) is 0 Å². The van der Waals surface area contributed by atoms with Gasteiger partial charge in [0.05, 0.1) is 32.2 Å². The van der Waals surface area contributed by atoms with Gasteiger partial charge in [-0.3, -0.25) is 14.5 Å². The average molecular weight is 604 g/mol. The lowest BCUT2D eigenvalue weighted by Gasteiger charge is -2.55. The second-order valence-electron chi connectivity index (χ2n) is 11.2. The maximum Gasteiger partial charge on any atom is 0.317 e. The molecule has 0 N–H and O–H groups in total. The lowest BCUT2D eigenvalue weighted by atomic mass is 9.60. The zero-order valence-electron chi connectivity index (χ0n) is 22.5. The van der Waals surface area contributed by atoms with Gasteiger partial charge in [0, 0.05) is 27.7 Å². The van der Waals surface area contributed by atoms with Crippen LogP contribution in [0.2, 0.25) is 0 Å². The molecule has 0 spiro atoms. The molecule has 3 aromatic rings. The number of rotatable bonds is 5. The summed E-state index contributed by atoms with van der Waals surface area (Å²) in [4.78, 5) is 32.6. The van der Waals surface area contributed by atoms with Crippen molar-refractivity contribution in [1.29, 1.82) is 0 Å². The second kappa shape index (κ2) is 9.63. The Morgan fingerprint density at radius 2 is 1.82 bits per heavy atom. The van der Waals surface area contributed by atoms with Crippen LogP contribution >= 0.6 is 15.9 Å². The molecular weight excluding hydrogens is 572 g/mol. The van der Waals surface area contributed by atoms with E-state index in [1.807, 2.05) is 71.6 Å². The number of hydrogen-bond acceptors (Lipinski definition) is 6. The van der Waals surface area contributed by atoms with Crippen molar-refractivity contribution in [2.24, 2.45) is 11.3 Å². The summed E-state index contributed by atoms with van der Waals surface area (Å²) < 4.78 is 18.3. The first-order chi connectivity index (χ1) is 19.5. The molecule has 7 nitrogen and oxygen atoms in total. The van der Waals surface area contributed by atoms with E-state index in [0.717, 1.165) is 52.2 Å². The molecule has 7 rings (SSSR count). The summed E-state index contributed by atoms with van der Waals surface area (Å²) in [6.07, 6.45) is 1.99. The Kier molecular flexibility index (Phi) is 6.16. The number of methoxy groups -OCH3 is 2. The predicted octanol–water partition coefficient (Wildman–Crippen LogP) is 5.34. The summed E-state index contributed by atoms with van der Waals surface area (Å²) in [5.74, 6) is 0.710. The van der Waals surface area contributed by atoms with E-state index < -0.39 is 5.41 Å². The number of carbonyl (C=O) groups is 2. The van der Waals surface area contributed by atoms with Gasteiger partial charge in [-0.2, -0.15) is 0 Å². The number of halogens is 1. The fourth-order valence-corrected chi connectivity index (χ4v) is 8.36. The SMILES string of the molecule is COC(=O)[C@@]12COc3ccc(Br)cc3[C@@H]1N1CCCC1[C@H]2[C@H]1[C@H](c2ccccc2)C(=O)N1c1ccc(OC)cc1. The molecule has 3 aromatic carbocycles. The molecule has 0 radical (unpaired) electrons. The highest BCUT2D eigenvalue weighted by molar-refractivity contribution is 9.10. The standard InChI is InChI=1S/C32H31BrN2O5/c1-38-22-13-11-21(12-14-22)35-28(26(30(35)36)19-7-4-3-5-8-19)27-24-9-6-16-34(24)29-23-17-20(33)10-15-25(23)40-18-32(27,29)31(37)39-2/h3-5,7-8,10-15,17,24,26-29H,6,9,16,18H2,1-2H3/t24?,26-,27-,28+,29-,32+/m0/s1. The van der Waals surface area contributed by atoms with Gasteiger partial charge in [0.2, 0.25) is 5.91 Å². The number of hydrogen-bond donors (Lipinski definition) is 0. The third-order valence-corrected chi connectivity index (χ3v) is 9.98. The van der Waals surface area contributed by atoms with Crippen molar-refractivity contribution in [3.63, 3.8) is 0 Å². The molecule has 1 amide bonds. The van der Waals surface area contributed by atoms with Crippen LogP contribution in [0, 0.1) is 11.3 Å². The zero-order valence-corrected chi connectivity index (χ0v) is 24.0. The zero-order chi connectivity index (χ0) is 27.6. The van der Waals surface area contributed by atoms with Crippen molar-refractivity contribution >= 4 is 33.5 Å². The number of nitrogens with zero attached hydrogens (tertiary/aromatic N) is 2. The number of anilines is 1. The lowest BCUT2D eigenvalue weighted by molar-refractivity contribution is -0.164. The number of benzene rings is 3. The fraction of sp³-hybridized carbons (Fsp3) is 0.375. The van der Waals surface area contributed by atoms with Gasteiger partial charge in [-0.1, -0.05) is 46.3 Å². The fourth-order valence-electron chi connectivity index (χ4n) is 7.98. The van der Waals surface area contributed by atoms with E-state index in [1.54, 1.807) is 7.11 Å². The summed E-state index contributed by atoms with van der Waals surface area (Å²) in [7, 11) is 3.09. The minimum atomic E-state index is -0.975. The van der Waals surface area contributed by atoms with E-state index in [1.165, 1.54) is 7.11 Å². The van der Waals surface area contributed by atoms with Gasteiger partial charge in [-0.25, -0.2) is 0 Å². The Morgan fingerprint density at radius 3 is 2.55 bits per heavy atom. The highest BCUT2D eigenvalue weighted by atomic mass is 79.9. The van der Waals surface area contributed by atoms with Crippen LogP contribution in [-0.4, -0.2) is 56.2 Å². The molecule has 6 atom stereocenters. The maximum absolute atomic E-state index is 14.1. The third-order valence-electron chi connectivity index (χ3n) is 9.49. The largest absolute Gasteiger partial charge is 0.497 e. The first-order valence-electron chi connectivity index (χ1n) is 13.8. The number of carbonyl (C=O) groups excluding carboxylic acids is 2. The lowest BCUT2D eigenvalue weighted by Crippen LogP contribution is -2.68. The summed E-state index contributed by atoms with van der Waals surface area (Å²) in [5.41, 5.74) is 1.79.